The van der Waals surface area contributed by atoms with E-state index in [1.807, 2.05) is 32.4 Å². The van der Waals surface area contributed by atoms with E-state index in [0.29, 0.717) is 40.2 Å². The number of rotatable bonds is 10. The summed E-state index contributed by atoms with van der Waals surface area (Å²) >= 11 is 1.35. The van der Waals surface area contributed by atoms with Crippen LogP contribution in [-0.4, -0.2) is 43.0 Å². The summed E-state index contributed by atoms with van der Waals surface area (Å²) < 4.78 is 71.5. The van der Waals surface area contributed by atoms with E-state index in [-0.39, 0.29) is 16.7 Å². The van der Waals surface area contributed by atoms with Crippen molar-refractivity contribution in [2.45, 2.75) is 38.0 Å². The van der Waals surface area contributed by atoms with Gasteiger partial charge in [0.15, 0.2) is 5.82 Å². The molecule has 0 bridgehead atoms. The highest BCUT2D eigenvalue weighted by Gasteiger charge is 2.27. The number of aromatic nitrogens is 3. The monoisotopic (exact) mass is 590 g/mol. The summed E-state index contributed by atoms with van der Waals surface area (Å²) in [5.41, 5.74) is -0.0194. The quantitative estimate of drug-likeness (QED) is 0.200. The minimum atomic E-state index is -4.64. The van der Waals surface area contributed by atoms with Crippen molar-refractivity contribution >= 4 is 33.0 Å². The van der Waals surface area contributed by atoms with E-state index in [2.05, 4.69) is 20.6 Å². The average molecular weight is 591 g/mol. The summed E-state index contributed by atoms with van der Waals surface area (Å²) in [6.07, 6.45) is 1.59. The zero-order valence-electron chi connectivity index (χ0n) is 22.3. The molecule has 3 N–H and O–H groups in total. The third kappa shape index (κ3) is 6.60. The Morgan fingerprint density at radius 3 is 2.50 bits per heavy atom. The molecule has 212 valence electrons. The van der Waals surface area contributed by atoms with E-state index in [1.165, 1.54) is 29.5 Å². The van der Waals surface area contributed by atoms with Crippen LogP contribution in [0.25, 0.3) is 21.8 Å². The highest BCUT2D eigenvalue weighted by atomic mass is 32.2. The minimum Gasteiger partial charge on any atom is -0.353 e. The first kappa shape index (κ1) is 29.4. The van der Waals surface area contributed by atoms with Gasteiger partial charge < -0.3 is 10.6 Å². The molecule has 0 saturated heterocycles. The number of benzene rings is 2. The van der Waals surface area contributed by atoms with E-state index < -0.39 is 38.1 Å². The molecule has 0 saturated carbocycles. The van der Waals surface area contributed by atoms with Crippen molar-refractivity contribution in [2.75, 3.05) is 29.7 Å². The van der Waals surface area contributed by atoms with Gasteiger partial charge in [0.25, 0.3) is 10.0 Å². The molecular weight excluding hydrogens is 561 g/mol. The predicted molar refractivity (Wildman–Crippen MR) is 151 cm³/mol. The van der Waals surface area contributed by atoms with Crippen LogP contribution in [0.2, 0.25) is 0 Å². The molecule has 4 aromatic rings. The topological polar surface area (TPSA) is 109 Å². The molecule has 0 radical (unpaired) electrons. The summed E-state index contributed by atoms with van der Waals surface area (Å²) in [5, 5.41) is 7.06. The Labute approximate surface area is 235 Å². The Hall–Kier alpha value is -3.55. The summed E-state index contributed by atoms with van der Waals surface area (Å²) in [4.78, 5) is 13.2. The van der Waals surface area contributed by atoms with Gasteiger partial charge in [-0.1, -0.05) is 33.8 Å². The normalized spacial score (nSPS) is 12.0. The largest absolute Gasteiger partial charge is 0.353 e. The number of nitrogens with one attached hydrogen (secondary N) is 3. The Morgan fingerprint density at radius 1 is 1.00 bits per heavy atom. The lowest BCUT2D eigenvalue weighted by atomic mass is 9.98. The van der Waals surface area contributed by atoms with Crippen LogP contribution in [0.15, 0.2) is 53.6 Å². The van der Waals surface area contributed by atoms with Crippen LogP contribution in [0.1, 0.15) is 32.7 Å². The van der Waals surface area contributed by atoms with Gasteiger partial charge in [-0.05, 0) is 42.9 Å². The molecule has 2 heterocycles. The standard InChI is InChI=1S/C27H29F3N6O2S2/c1-5-31-13-14-33-26-32-12-11-20(34-26)24-23(35-25(39-24)27(2,3)4)17-7-6-8-19(22(17)30)36-40(37,38)21-15-16(28)9-10-18(21)29/h6-12,15,31,36H,5,13-14H2,1-4H3,(H,32,33,34). The molecule has 0 aliphatic heterocycles. The van der Waals surface area contributed by atoms with E-state index in [4.69, 9.17) is 4.98 Å². The Morgan fingerprint density at radius 2 is 1.77 bits per heavy atom. The molecular formula is C27H29F3N6O2S2. The summed E-state index contributed by atoms with van der Waals surface area (Å²) in [5.74, 6) is -2.64. The molecule has 0 fully saturated rings. The molecule has 0 aliphatic rings. The van der Waals surface area contributed by atoms with E-state index in [1.54, 1.807) is 12.3 Å². The van der Waals surface area contributed by atoms with Crippen molar-refractivity contribution in [3.05, 3.63) is 71.1 Å². The van der Waals surface area contributed by atoms with Gasteiger partial charge in [-0.2, -0.15) is 0 Å². The smallest absolute Gasteiger partial charge is 0.265 e. The summed E-state index contributed by atoms with van der Waals surface area (Å²) in [6.45, 7) is 10.1. The Bertz CT molecular complexity index is 1620. The van der Waals surface area contributed by atoms with Crippen LogP contribution < -0.4 is 15.4 Å². The van der Waals surface area contributed by atoms with Gasteiger partial charge in [0, 0.05) is 30.3 Å². The van der Waals surface area contributed by atoms with Gasteiger partial charge in [0.05, 0.1) is 27.0 Å². The minimum absolute atomic E-state index is 0.0157. The third-order valence-corrected chi connectivity index (χ3v) is 8.56. The number of likely N-dealkylation sites (N-methyl/N-ethyl adjacent to an activating group) is 1. The highest BCUT2D eigenvalue weighted by molar-refractivity contribution is 7.92. The van der Waals surface area contributed by atoms with Crippen LogP contribution in [-0.2, 0) is 15.4 Å². The van der Waals surface area contributed by atoms with Crippen molar-refractivity contribution in [3.63, 3.8) is 0 Å². The maximum Gasteiger partial charge on any atom is 0.265 e. The SMILES string of the molecule is CCNCCNc1nccc(-c2sc(C(C)(C)C)nc2-c2cccc(NS(=O)(=O)c3cc(F)ccc3F)c2F)n1. The molecule has 0 amide bonds. The Kier molecular flexibility index (Phi) is 8.76. The summed E-state index contributed by atoms with van der Waals surface area (Å²) in [7, 11) is -4.64. The van der Waals surface area contributed by atoms with Gasteiger partial charge >= 0.3 is 0 Å². The molecule has 2 aromatic heterocycles. The number of hydrogen-bond donors (Lipinski definition) is 3. The fourth-order valence-electron chi connectivity index (χ4n) is 3.68. The molecule has 0 atom stereocenters. The third-order valence-electron chi connectivity index (χ3n) is 5.67. The lowest BCUT2D eigenvalue weighted by Crippen LogP contribution is -2.22. The summed E-state index contributed by atoms with van der Waals surface area (Å²) in [6, 6.07) is 7.83. The van der Waals surface area contributed by atoms with Crippen molar-refractivity contribution in [1.29, 1.82) is 0 Å². The second kappa shape index (κ2) is 11.9. The molecule has 13 heteroatoms. The first-order chi connectivity index (χ1) is 18.9. The Balaban J connectivity index is 1.76. The highest BCUT2D eigenvalue weighted by Crippen LogP contribution is 2.42. The number of thiazole rings is 1. The molecule has 8 nitrogen and oxygen atoms in total. The zero-order chi connectivity index (χ0) is 29.1. The van der Waals surface area contributed by atoms with Gasteiger partial charge in [0.2, 0.25) is 5.95 Å². The van der Waals surface area contributed by atoms with Gasteiger partial charge in [-0.3, -0.25) is 4.72 Å². The maximum absolute atomic E-state index is 15.9. The molecule has 0 aliphatic carbocycles. The number of sulfonamides is 1. The van der Waals surface area contributed by atoms with Gasteiger partial charge in [0.1, 0.15) is 16.5 Å². The number of halogens is 3. The second-order valence-electron chi connectivity index (χ2n) is 9.84. The van der Waals surface area contributed by atoms with E-state index >= 15 is 4.39 Å². The predicted octanol–water partition coefficient (Wildman–Crippen LogP) is 5.80. The number of nitrogens with zero attached hydrogens (tertiary/aromatic N) is 3. The van der Waals surface area contributed by atoms with E-state index in [9.17, 15) is 17.2 Å². The van der Waals surface area contributed by atoms with Crippen molar-refractivity contribution in [3.8, 4) is 21.8 Å². The molecule has 0 unspecified atom stereocenters. The molecule has 40 heavy (non-hydrogen) atoms. The van der Waals surface area contributed by atoms with Crippen LogP contribution in [0.4, 0.5) is 24.8 Å². The number of anilines is 2. The fraction of sp³-hybridized carbons (Fsp3) is 0.296. The lowest BCUT2D eigenvalue weighted by molar-refractivity contribution is 0.555. The van der Waals surface area contributed by atoms with Crippen LogP contribution >= 0.6 is 11.3 Å². The first-order valence-corrected chi connectivity index (χ1v) is 14.8. The maximum atomic E-state index is 15.9. The van der Waals surface area contributed by atoms with Crippen molar-refractivity contribution in [1.82, 2.24) is 20.3 Å². The van der Waals surface area contributed by atoms with Gasteiger partial charge in [-0.15, -0.1) is 11.3 Å². The molecule has 4 rings (SSSR count). The van der Waals surface area contributed by atoms with Crippen LogP contribution in [0, 0.1) is 17.5 Å². The molecule has 2 aromatic carbocycles. The van der Waals surface area contributed by atoms with Gasteiger partial charge in [-0.25, -0.2) is 36.5 Å². The first-order valence-electron chi connectivity index (χ1n) is 12.5. The average Bonchev–Trinajstić information content (AvgIpc) is 3.35. The van der Waals surface area contributed by atoms with Crippen molar-refractivity contribution in [2.24, 2.45) is 0 Å². The molecule has 0 spiro atoms. The van der Waals surface area contributed by atoms with Crippen LogP contribution in [0.3, 0.4) is 0 Å². The second-order valence-corrected chi connectivity index (χ2v) is 12.5. The van der Waals surface area contributed by atoms with E-state index in [0.717, 1.165) is 19.2 Å². The zero-order valence-corrected chi connectivity index (χ0v) is 24.0. The fourth-order valence-corrected chi connectivity index (χ4v) is 5.94. The van der Waals surface area contributed by atoms with Crippen LogP contribution in [0.5, 0.6) is 0 Å². The lowest BCUT2D eigenvalue weighted by Gasteiger charge is -2.14. The van der Waals surface area contributed by atoms with Crippen molar-refractivity contribution < 1.29 is 21.6 Å². The number of hydrogen-bond acceptors (Lipinski definition) is 8.